The smallest absolute Gasteiger partial charge is 0.0940 e. The molecule has 0 aromatic carbocycles. The van der Waals surface area contributed by atoms with Crippen molar-refractivity contribution in [1.29, 1.82) is 0 Å². The molecule has 4 heteroatoms. The number of rotatable bonds is 5. The Morgan fingerprint density at radius 3 is 2.83 bits per heavy atom. The summed E-state index contributed by atoms with van der Waals surface area (Å²) in [6.45, 7) is 7.96. The van der Waals surface area contributed by atoms with Gasteiger partial charge in [0, 0.05) is 30.1 Å². The molecule has 18 heavy (non-hydrogen) atoms. The van der Waals surface area contributed by atoms with Gasteiger partial charge >= 0.3 is 0 Å². The number of nitrogens with zero attached hydrogens (tertiary/aromatic N) is 2. The van der Waals surface area contributed by atoms with Gasteiger partial charge in [0.25, 0.3) is 0 Å². The van der Waals surface area contributed by atoms with Crippen molar-refractivity contribution in [2.45, 2.75) is 39.2 Å². The van der Waals surface area contributed by atoms with Gasteiger partial charge in [0.2, 0.25) is 0 Å². The number of nitrogens with one attached hydrogen (secondary N) is 1. The minimum absolute atomic E-state index is 0.639. The zero-order valence-electron chi connectivity index (χ0n) is 11.8. The van der Waals surface area contributed by atoms with Gasteiger partial charge < -0.3 is 10.2 Å². The second kappa shape index (κ2) is 6.64. The van der Waals surface area contributed by atoms with E-state index in [2.05, 4.69) is 41.5 Å². The molecule has 1 aliphatic rings. The average Bonchev–Trinajstić information content (AvgIpc) is 2.76. The summed E-state index contributed by atoms with van der Waals surface area (Å²) in [6.07, 6.45) is 3.73. The fourth-order valence-corrected chi connectivity index (χ4v) is 3.40. The van der Waals surface area contributed by atoms with Crippen molar-refractivity contribution in [3.05, 3.63) is 16.1 Å². The third-order valence-corrected chi connectivity index (χ3v) is 4.97. The van der Waals surface area contributed by atoms with Crippen LogP contribution in [0.3, 0.4) is 0 Å². The molecule has 0 amide bonds. The highest BCUT2D eigenvalue weighted by Gasteiger charge is 2.21. The second-order valence-corrected chi connectivity index (χ2v) is 6.46. The summed E-state index contributed by atoms with van der Waals surface area (Å²) >= 11 is 1.78. The molecule has 1 aromatic rings. The first kappa shape index (κ1) is 14.0. The van der Waals surface area contributed by atoms with Crippen molar-refractivity contribution in [2.75, 3.05) is 26.7 Å². The number of likely N-dealkylation sites (tertiary alicyclic amines) is 1. The van der Waals surface area contributed by atoms with Gasteiger partial charge in [-0.3, -0.25) is 0 Å². The van der Waals surface area contributed by atoms with Gasteiger partial charge in [0.05, 0.1) is 5.01 Å². The van der Waals surface area contributed by atoms with Crippen LogP contribution in [0, 0.1) is 12.8 Å². The Morgan fingerprint density at radius 1 is 1.50 bits per heavy atom. The summed E-state index contributed by atoms with van der Waals surface area (Å²) < 4.78 is 0. The first-order chi connectivity index (χ1) is 8.65. The van der Waals surface area contributed by atoms with Crippen molar-refractivity contribution in [2.24, 2.45) is 5.92 Å². The maximum atomic E-state index is 4.50. The Balaban J connectivity index is 1.67. The summed E-state index contributed by atoms with van der Waals surface area (Å²) in [5, 5.41) is 7.07. The molecular weight excluding hydrogens is 242 g/mol. The molecule has 1 N–H and O–H groups in total. The van der Waals surface area contributed by atoms with Gasteiger partial charge in [0.1, 0.15) is 0 Å². The van der Waals surface area contributed by atoms with E-state index in [9.17, 15) is 0 Å². The first-order valence-corrected chi connectivity index (χ1v) is 7.86. The maximum absolute atomic E-state index is 4.50. The van der Waals surface area contributed by atoms with E-state index in [1.807, 2.05) is 0 Å². The minimum Gasteiger partial charge on any atom is -0.314 e. The van der Waals surface area contributed by atoms with Gasteiger partial charge in [0.15, 0.2) is 0 Å². The monoisotopic (exact) mass is 267 g/mol. The molecule has 1 saturated heterocycles. The molecule has 1 aromatic heterocycles. The third kappa shape index (κ3) is 4.04. The van der Waals surface area contributed by atoms with Crippen LogP contribution in [0.1, 0.15) is 30.5 Å². The van der Waals surface area contributed by atoms with Crippen LogP contribution in [0.15, 0.2) is 5.38 Å². The molecule has 1 fully saturated rings. The molecule has 0 saturated carbocycles. The predicted octanol–water partition coefficient (Wildman–Crippen LogP) is 2.31. The standard InChI is InChI=1S/C14H25N3S/c1-11-10-18-14(16-11)4-7-15-12(2)13-5-8-17(3)9-6-13/h10,12-13,15H,4-9H2,1-3H3. The number of hydrogen-bond acceptors (Lipinski definition) is 4. The fourth-order valence-electron chi connectivity index (χ4n) is 2.62. The Hall–Kier alpha value is -0.450. The molecule has 2 rings (SSSR count). The van der Waals surface area contributed by atoms with Crippen molar-refractivity contribution < 1.29 is 0 Å². The third-order valence-electron chi connectivity index (χ3n) is 3.94. The topological polar surface area (TPSA) is 28.2 Å². The zero-order chi connectivity index (χ0) is 13.0. The summed E-state index contributed by atoms with van der Waals surface area (Å²) in [5.41, 5.74) is 1.15. The zero-order valence-corrected chi connectivity index (χ0v) is 12.6. The maximum Gasteiger partial charge on any atom is 0.0940 e. The normalized spacial score (nSPS) is 20.2. The van der Waals surface area contributed by atoms with Gasteiger partial charge in [-0.2, -0.15) is 0 Å². The van der Waals surface area contributed by atoms with Crippen LogP contribution >= 0.6 is 11.3 Å². The van der Waals surface area contributed by atoms with Crippen LogP contribution in [0.25, 0.3) is 0 Å². The van der Waals surface area contributed by atoms with Crippen LogP contribution in [-0.4, -0.2) is 42.6 Å². The lowest BCUT2D eigenvalue weighted by Gasteiger charge is -2.33. The minimum atomic E-state index is 0.639. The number of hydrogen-bond donors (Lipinski definition) is 1. The molecule has 0 aliphatic carbocycles. The highest BCUT2D eigenvalue weighted by molar-refractivity contribution is 7.09. The van der Waals surface area contributed by atoms with Gasteiger partial charge in [-0.05, 0) is 52.7 Å². The van der Waals surface area contributed by atoms with Crippen LogP contribution in [0.2, 0.25) is 0 Å². The Bertz CT molecular complexity index is 356. The quantitative estimate of drug-likeness (QED) is 0.887. The lowest BCUT2D eigenvalue weighted by atomic mass is 9.90. The summed E-state index contributed by atoms with van der Waals surface area (Å²) in [5.74, 6) is 0.847. The Kier molecular flexibility index (Phi) is 5.15. The molecule has 3 nitrogen and oxygen atoms in total. The summed E-state index contributed by atoms with van der Waals surface area (Å²) in [4.78, 5) is 6.93. The van der Waals surface area contributed by atoms with Crippen LogP contribution in [0.4, 0.5) is 0 Å². The van der Waals surface area contributed by atoms with Gasteiger partial charge in [-0.15, -0.1) is 11.3 Å². The molecule has 2 heterocycles. The number of thiazole rings is 1. The number of piperidine rings is 1. The number of aryl methyl sites for hydroxylation is 1. The van der Waals surface area contributed by atoms with Gasteiger partial charge in [-0.25, -0.2) is 4.98 Å². The molecule has 102 valence electrons. The Morgan fingerprint density at radius 2 is 2.22 bits per heavy atom. The van der Waals surface area contributed by atoms with E-state index in [4.69, 9.17) is 0 Å². The molecule has 1 unspecified atom stereocenters. The van der Waals surface area contributed by atoms with E-state index >= 15 is 0 Å². The van der Waals surface area contributed by atoms with Crippen molar-refractivity contribution in [1.82, 2.24) is 15.2 Å². The Labute approximate surface area is 115 Å². The lowest BCUT2D eigenvalue weighted by Crippen LogP contribution is -2.41. The van der Waals surface area contributed by atoms with Crippen LogP contribution < -0.4 is 5.32 Å². The van der Waals surface area contributed by atoms with E-state index in [-0.39, 0.29) is 0 Å². The molecule has 0 spiro atoms. The molecule has 0 bridgehead atoms. The van der Waals surface area contributed by atoms with Crippen molar-refractivity contribution in [3.8, 4) is 0 Å². The molecule has 1 atom stereocenters. The number of aromatic nitrogens is 1. The SMILES string of the molecule is Cc1csc(CCNC(C)C2CCN(C)CC2)n1. The summed E-state index contributed by atoms with van der Waals surface area (Å²) in [7, 11) is 2.22. The fraction of sp³-hybridized carbons (Fsp3) is 0.786. The van der Waals surface area contributed by atoms with Crippen molar-refractivity contribution >= 4 is 11.3 Å². The van der Waals surface area contributed by atoms with E-state index in [1.165, 1.54) is 30.9 Å². The second-order valence-electron chi connectivity index (χ2n) is 5.52. The van der Waals surface area contributed by atoms with Crippen LogP contribution in [0.5, 0.6) is 0 Å². The molecular formula is C14H25N3S. The van der Waals surface area contributed by atoms with E-state index in [0.29, 0.717) is 6.04 Å². The van der Waals surface area contributed by atoms with Gasteiger partial charge in [-0.1, -0.05) is 0 Å². The molecule has 1 aliphatic heterocycles. The predicted molar refractivity (Wildman–Crippen MR) is 78.2 cm³/mol. The highest BCUT2D eigenvalue weighted by atomic mass is 32.1. The average molecular weight is 267 g/mol. The van der Waals surface area contributed by atoms with Crippen LogP contribution in [-0.2, 0) is 6.42 Å². The van der Waals surface area contributed by atoms with E-state index < -0.39 is 0 Å². The first-order valence-electron chi connectivity index (χ1n) is 6.98. The van der Waals surface area contributed by atoms with Crippen molar-refractivity contribution in [3.63, 3.8) is 0 Å². The highest BCUT2D eigenvalue weighted by Crippen LogP contribution is 2.19. The lowest BCUT2D eigenvalue weighted by molar-refractivity contribution is 0.190. The van der Waals surface area contributed by atoms with E-state index in [1.54, 1.807) is 11.3 Å². The summed E-state index contributed by atoms with van der Waals surface area (Å²) in [6, 6.07) is 0.639. The molecule has 0 radical (unpaired) electrons. The largest absolute Gasteiger partial charge is 0.314 e. The van der Waals surface area contributed by atoms with E-state index in [0.717, 1.165) is 24.6 Å².